The minimum absolute atomic E-state index is 0.124. The Labute approximate surface area is 211 Å². The molecule has 0 bridgehead atoms. The number of aliphatic hydroxyl groups is 1. The second-order valence-corrected chi connectivity index (χ2v) is 9.35. The molecule has 1 saturated heterocycles. The largest absolute Gasteiger partial charge is 0.393 e. The third kappa shape index (κ3) is 5.34. The summed E-state index contributed by atoms with van der Waals surface area (Å²) in [6.07, 6.45) is 2.22. The maximum Gasteiger partial charge on any atom is 0.299 e. The molecule has 0 unspecified atom stereocenters. The van der Waals surface area contributed by atoms with E-state index in [4.69, 9.17) is 5.10 Å². The van der Waals surface area contributed by atoms with Crippen LogP contribution in [0, 0.1) is 11.8 Å². The molecular formula is C29H30N4O3. The summed E-state index contributed by atoms with van der Waals surface area (Å²) in [5, 5.41) is 14.6. The number of carbonyl (C=O) groups is 2. The van der Waals surface area contributed by atoms with Gasteiger partial charge >= 0.3 is 0 Å². The van der Waals surface area contributed by atoms with E-state index in [1.165, 1.54) is 5.56 Å². The van der Waals surface area contributed by atoms with E-state index in [1.54, 1.807) is 9.80 Å². The Bertz CT molecular complexity index is 1280. The summed E-state index contributed by atoms with van der Waals surface area (Å²) in [4.78, 5) is 29.9. The molecule has 5 rings (SSSR count). The van der Waals surface area contributed by atoms with Crippen molar-refractivity contribution in [1.82, 2.24) is 19.6 Å². The van der Waals surface area contributed by atoms with Crippen LogP contribution in [-0.4, -0.2) is 62.2 Å². The number of fused-ring (bicyclic) bond motifs is 1. The van der Waals surface area contributed by atoms with Crippen molar-refractivity contribution in [1.29, 1.82) is 0 Å². The third-order valence-corrected chi connectivity index (χ3v) is 6.92. The van der Waals surface area contributed by atoms with Crippen molar-refractivity contribution in [2.75, 3.05) is 19.6 Å². The number of carbonyl (C=O) groups excluding carboxylic acids is 2. The quantitative estimate of drug-likeness (QED) is 0.580. The zero-order valence-electron chi connectivity index (χ0n) is 20.3. The molecule has 1 aromatic heterocycles. The summed E-state index contributed by atoms with van der Waals surface area (Å²) in [6, 6.07) is 19.7. The van der Waals surface area contributed by atoms with E-state index in [-0.39, 0.29) is 17.9 Å². The highest BCUT2D eigenvalue weighted by Gasteiger charge is 2.32. The van der Waals surface area contributed by atoms with E-state index < -0.39 is 0 Å². The predicted octanol–water partition coefficient (Wildman–Crippen LogP) is 2.66. The van der Waals surface area contributed by atoms with Crippen molar-refractivity contribution in [3.8, 4) is 11.8 Å². The number of piperidine rings is 1. The van der Waals surface area contributed by atoms with Crippen molar-refractivity contribution >= 4 is 11.8 Å². The molecule has 0 saturated carbocycles. The van der Waals surface area contributed by atoms with Crippen molar-refractivity contribution < 1.29 is 14.7 Å². The number of aryl methyl sites for hydroxylation is 2. The second kappa shape index (κ2) is 10.8. The average molecular weight is 483 g/mol. The van der Waals surface area contributed by atoms with Crippen molar-refractivity contribution in [3.63, 3.8) is 0 Å². The lowest BCUT2D eigenvalue weighted by Gasteiger charge is -2.30. The fraction of sp³-hybridized carbons (Fsp3) is 0.345. The molecule has 2 aromatic carbocycles. The predicted molar refractivity (Wildman–Crippen MR) is 136 cm³/mol. The lowest BCUT2D eigenvalue weighted by Crippen LogP contribution is -2.41. The first kappa shape index (κ1) is 23.8. The molecule has 3 heterocycles. The number of hydrogen-bond acceptors (Lipinski definition) is 4. The molecule has 0 radical (unpaired) electrons. The summed E-state index contributed by atoms with van der Waals surface area (Å²) in [5.41, 5.74) is 4.26. The highest BCUT2D eigenvalue weighted by Crippen LogP contribution is 2.25. The Morgan fingerprint density at radius 3 is 2.36 bits per heavy atom. The molecule has 2 amide bonds. The molecule has 0 aliphatic carbocycles. The van der Waals surface area contributed by atoms with Gasteiger partial charge in [-0.15, -0.1) is 0 Å². The zero-order valence-corrected chi connectivity index (χ0v) is 20.3. The molecule has 1 N–H and O–H groups in total. The topological polar surface area (TPSA) is 78.7 Å². The average Bonchev–Trinajstić information content (AvgIpc) is 3.29. The summed E-state index contributed by atoms with van der Waals surface area (Å²) in [7, 11) is 0. The molecule has 184 valence electrons. The van der Waals surface area contributed by atoms with Gasteiger partial charge in [-0.3, -0.25) is 14.3 Å². The number of nitrogens with zero attached hydrogens (tertiary/aromatic N) is 4. The molecule has 0 spiro atoms. The Morgan fingerprint density at radius 1 is 0.944 bits per heavy atom. The van der Waals surface area contributed by atoms with Crippen LogP contribution in [-0.2, 0) is 30.7 Å². The van der Waals surface area contributed by atoms with Gasteiger partial charge in [0.15, 0.2) is 5.69 Å². The lowest BCUT2D eigenvalue weighted by molar-refractivity contribution is -0.126. The summed E-state index contributed by atoms with van der Waals surface area (Å²) >= 11 is 0. The molecule has 1 fully saturated rings. The summed E-state index contributed by atoms with van der Waals surface area (Å²) in [6.45, 7) is 2.55. The number of amides is 2. The Hall–Kier alpha value is -3.89. The molecule has 2 aliphatic rings. The molecular weight excluding hydrogens is 452 g/mol. The van der Waals surface area contributed by atoms with Crippen LogP contribution in [0.3, 0.4) is 0 Å². The summed E-state index contributed by atoms with van der Waals surface area (Å²) < 4.78 is 1.95. The maximum atomic E-state index is 13.5. The van der Waals surface area contributed by atoms with Gasteiger partial charge in [-0.1, -0.05) is 54.5 Å². The minimum atomic E-state index is -0.359. The van der Waals surface area contributed by atoms with Crippen LogP contribution in [0.5, 0.6) is 0 Å². The fourth-order valence-corrected chi connectivity index (χ4v) is 4.85. The number of aromatic nitrogens is 2. The van der Waals surface area contributed by atoms with Crippen LogP contribution in [0.25, 0.3) is 0 Å². The molecule has 7 heteroatoms. The van der Waals surface area contributed by atoms with Crippen LogP contribution in [0.2, 0.25) is 0 Å². The summed E-state index contributed by atoms with van der Waals surface area (Å²) in [5.74, 6) is 5.33. The second-order valence-electron chi connectivity index (χ2n) is 9.35. The van der Waals surface area contributed by atoms with Crippen LogP contribution in [0.15, 0.2) is 60.7 Å². The monoisotopic (exact) mass is 482 g/mol. The first-order chi connectivity index (χ1) is 17.6. The van der Waals surface area contributed by atoms with E-state index in [0.29, 0.717) is 57.7 Å². The molecule has 36 heavy (non-hydrogen) atoms. The van der Waals surface area contributed by atoms with Crippen LogP contribution < -0.4 is 0 Å². The van der Waals surface area contributed by atoms with Crippen molar-refractivity contribution in [2.45, 2.75) is 44.9 Å². The zero-order chi connectivity index (χ0) is 24.9. The normalized spacial score (nSPS) is 15.7. The first-order valence-corrected chi connectivity index (χ1v) is 12.5. The maximum absolute atomic E-state index is 13.5. The van der Waals surface area contributed by atoms with Gasteiger partial charge in [0.25, 0.3) is 11.8 Å². The fourth-order valence-electron chi connectivity index (χ4n) is 4.85. The van der Waals surface area contributed by atoms with Gasteiger partial charge in [0.2, 0.25) is 0 Å². The smallest absolute Gasteiger partial charge is 0.299 e. The van der Waals surface area contributed by atoms with Gasteiger partial charge in [0, 0.05) is 55.3 Å². The van der Waals surface area contributed by atoms with Crippen molar-refractivity contribution in [2.24, 2.45) is 0 Å². The molecule has 0 atom stereocenters. The number of hydrogen-bond donors (Lipinski definition) is 1. The van der Waals surface area contributed by atoms with E-state index in [0.717, 1.165) is 23.2 Å². The minimum Gasteiger partial charge on any atom is -0.393 e. The van der Waals surface area contributed by atoms with Gasteiger partial charge in [0.1, 0.15) is 0 Å². The van der Waals surface area contributed by atoms with E-state index >= 15 is 0 Å². The van der Waals surface area contributed by atoms with Crippen LogP contribution in [0.1, 0.15) is 45.7 Å². The third-order valence-electron chi connectivity index (χ3n) is 6.92. The number of likely N-dealkylation sites (tertiary alicyclic amines) is 1. The highest BCUT2D eigenvalue weighted by molar-refractivity contribution is 5.96. The van der Waals surface area contributed by atoms with E-state index in [1.807, 2.05) is 53.2 Å². The lowest BCUT2D eigenvalue weighted by atomic mass is 10.0. The Kier molecular flexibility index (Phi) is 7.15. The van der Waals surface area contributed by atoms with Gasteiger partial charge in [-0.05, 0) is 37.0 Å². The number of rotatable bonds is 4. The van der Waals surface area contributed by atoms with Crippen LogP contribution >= 0.6 is 0 Å². The van der Waals surface area contributed by atoms with Gasteiger partial charge < -0.3 is 14.9 Å². The number of aliphatic hydroxyl groups excluding tert-OH is 1. The number of benzene rings is 2. The van der Waals surface area contributed by atoms with Gasteiger partial charge in [-0.25, -0.2) is 0 Å². The van der Waals surface area contributed by atoms with Crippen LogP contribution in [0.4, 0.5) is 0 Å². The molecule has 7 nitrogen and oxygen atoms in total. The van der Waals surface area contributed by atoms with Gasteiger partial charge in [-0.2, -0.15) is 5.10 Å². The Balaban J connectivity index is 1.39. The molecule has 3 aromatic rings. The SMILES string of the molecule is O=C(C#Cc1ccccc1)N1CCc2c(c(C(=O)N3CCC(O)CC3)nn2CCc2ccccc2)C1. The van der Waals surface area contributed by atoms with Crippen molar-refractivity contribution in [3.05, 3.63) is 88.7 Å². The van der Waals surface area contributed by atoms with E-state index in [9.17, 15) is 14.7 Å². The van der Waals surface area contributed by atoms with Gasteiger partial charge in [0.05, 0.1) is 12.6 Å². The Morgan fingerprint density at radius 2 is 1.64 bits per heavy atom. The standard InChI is InChI=1S/C29H30N4O3/c34-24-14-17-31(18-15-24)29(36)28-25-21-32(27(35)12-11-22-7-3-1-4-8-22)19-16-26(25)33(30-28)20-13-23-9-5-2-6-10-23/h1-10,24,34H,13-21H2. The molecule has 2 aliphatic heterocycles. The first-order valence-electron chi connectivity index (χ1n) is 12.5. The highest BCUT2D eigenvalue weighted by atomic mass is 16.3. The van der Waals surface area contributed by atoms with E-state index in [2.05, 4.69) is 24.0 Å².